The Hall–Kier alpha value is -4.05. The average molecular weight is 499 g/mol. The normalized spacial score (nSPS) is 10.8. The molecule has 0 aliphatic rings. The number of hydrogen-bond donors (Lipinski definition) is 2. The van der Waals surface area contributed by atoms with Crippen molar-refractivity contribution in [3.8, 4) is 11.5 Å². The molecule has 10 heteroatoms. The van der Waals surface area contributed by atoms with E-state index in [1.165, 1.54) is 31.4 Å². The van der Waals surface area contributed by atoms with E-state index in [0.29, 0.717) is 18.1 Å². The fraction of sp³-hybridized carbons (Fsp3) is 0.200. The van der Waals surface area contributed by atoms with Crippen molar-refractivity contribution in [1.29, 1.82) is 0 Å². The molecule has 35 heavy (non-hydrogen) atoms. The minimum Gasteiger partial charge on any atom is -0.496 e. The fourth-order valence-corrected chi connectivity index (χ4v) is 4.22. The molecule has 184 valence electrons. The number of sulfonamides is 1. The molecule has 0 aliphatic carbocycles. The monoisotopic (exact) mass is 498 g/mol. The van der Waals surface area contributed by atoms with Gasteiger partial charge in [-0.05, 0) is 49.4 Å². The van der Waals surface area contributed by atoms with Crippen molar-refractivity contribution >= 4 is 27.6 Å². The zero-order chi connectivity index (χ0) is 25.3. The molecule has 0 aromatic heterocycles. The number of carbonyl (C=O) groups is 2. The van der Waals surface area contributed by atoms with Crippen LogP contribution in [0, 0.1) is 0 Å². The van der Waals surface area contributed by atoms with E-state index in [-0.39, 0.29) is 22.7 Å². The average Bonchev–Trinajstić information content (AvgIpc) is 2.87. The van der Waals surface area contributed by atoms with E-state index in [1.807, 2.05) is 19.1 Å². The predicted molar refractivity (Wildman–Crippen MR) is 130 cm³/mol. The van der Waals surface area contributed by atoms with E-state index in [2.05, 4.69) is 10.0 Å². The predicted octanol–water partition coefficient (Wildman–Crippen LogP) is 3.37. The molecule has 0 heterocycles. The van der Waals surface area contributed by atoms with Crippen molar-refractivity contribution in [3.05, 3.63) is 83.9 Å². The highest BCUT2D eigenvalue weighted by Crippen LogP contribution is 2.23. The zero-order valence-corrected chi connectivity index (χ0v) is 20.1. The molecule has 0 spiro atoms. The number of carbonyl (C=O) groups excluding carboxylic acids is 2. The third kappa shape index (κ3) is 6.97. The number of anilines is 1. The summed E-state index contributed by atoms with van der Waals surface area (Å²) in [6, 6.07) is 19.1. The van der Waals surface area contributed by atoms with Gasteiger partial charge in [-0.1, -0.05) is 30.3 Å². The number of ether oxygens (including phenoxy) is 3. The number of hydrogen-bond acceptors (Lipinski definition) is 7. The summed E-state index contributed by atoms with van der Waals surface area (Å²) in [5, 5.41) is 2.65. The van der Waals surface area contributed by atoms with Crippen LogP contribution >= 0.6 is 0 Å². The highest BCUT2D eigenvalue weighted by Gasteiger charge is 2.20. The Morgan fingerprint density at radius 2 is 1.60 bits per heavy atom. The van der Waals surface area contributed by atoms with Crippen molar-refractivity contribution in [2.24, 2.45) is 0 Å². The van der Waals surface area contributed by atoms with Crippen LogP contribution in [0.4, 0.5) is 5.69 Å². The second kappa shape index (κ2) is 11.9. The third-order valence-corrected chi connectivity index (χ3v) is 6.22. The Kier molecular flexibility index (Phi) is 8.69. The first-order valence-electron chi connectivity index (χ1n) is 10.7. The molecule has 0 saturated carbocycles. The molecule has 0 unspecified atom stereocenters. The van der Waals surface area contributed by atoms with Crippen molar-refractivity contribution in [2.75, 3.05) is 25.0 Å². The van der Waals surface area contributed by atoms with Gasteiger partial charge in [-0.3, -0.25) is 9.52 Å². The molecule has 9 nitrogen and oxygen atoms in total. The number of benzene rings is 3. The lowest BCUT2D eigenvalue weighted by molar-refractivity contribution is -0.124. The Morgan fingerprint density at radius 3 is 2.31 bits per heavy atom. The molecule has 0 fully saturated rings. The van der Waals surface area contributed by atoms with Gasteiger partial charge >= 0.3 is 5.97 Å². The second-order valence-corrected chi connectivity index (χ2v) is 8.90. The van der Waals surface area contributed by atoms with Crippen LogP contribution in [0.2, 0.25) is 0 Å². The highest BCUT2D eigenvalue weighted by molar-refractivity contribution is 7.92. The van der Waals surface area contributed by atoms with Crippen molar-refractivity contribution < 1.29 is 32.2 Å². The van der Waals surface area contributed by atoms with Crippen LogP contribution in [0.1, 0.15) is 22.8 Å². The topological polar surface area (TPSA) is 120 Å². The summed E-state index contributed by atoms with van der Waals surface area (Å²) in [4.78, 5) is 24.8. The molecular weight excluding hydrogens is 472 g/mol. The molecule has 0 bridgehead atoms. The van der Waals surface area contributed by atoms with Crippen LogP contribution in [-0.4, -0.2) is 40.6 Å². The number of methoxy groups -OCH3 is 1. The fourth-order valence-electron chi connectivity index (χ4n) is 3.14. The maximum atomic E-state index is 12.8. The lowest BCUT2D eigenvalue weighted by Crippen LogP contribution is -2.28. The molecule has 3 aromatic rings. The van der Waals surface area contributed by atoms with Crippen molar-refractivity contribution in [3.63, 3.8) is 0 Å². The maximum Gasteiger partial charge on any atom is 0.340 e. The Bertz CT molecular complexity index is 1270. The largest absolute Gasteiger partial charge is 0.496 e. The SMILES string of the molecule is CCOc1ccc(S(=O)(=O)Nc2ccccc2C(=O)OCC(=O)NCc2ccccc2OC)cc1. The Balaban J connectivity index is 1.62. The first-order chi connectivity index (χ1) is 16.8. The standard InChI is InChI=1S/C25H26N2O7S/c1-3-33-19-12-14-20(15-13-19)35(30,31)27-22-10-6-5-9-21(22)25(29)34-17-24(28)26-16-18-8-4-7-11-23(18)32-2/h4-15,27H,3,16-17H2,1-2H3,(H,26,28). The Morgan fingerprint density at radius 1 is 0.914 bits per heavy atom. The molecule has 3 rings (SSSR count). The number of amides is 1. The second-order valence-electron chi connectivity index (χ2n) is 7.22. The molecule has 3 aromatic carbocycles. The molecule has 0 radical (unpaired) electrons. The highest BCUT2D eigenvalue weighted by atomic mass is 32.2. The quantitative estimate of drug-likeness (QED) is 0.389. The first-order valence-corrected chi connectivity index (χ1v) is 12.2. The lowest BCUT2D eigenvalue weighted by Gasteiger charge is -2.13. The van der Waals surface area contributed by atoms with Crippen LogP contribution in [0.5, 0.6) is 11.5 Å². The molecule has 2 N–H and O–H groups in total. The van der Waals surface area contributed by atoms with Crippen LogP contribution in [0.25, 0.3) is 0 Å². The van der Waals surface area contributed by atoms with Gasteiger partial charge in [0.2, 0.25) is 0 Å². The van der Waals surface area contributed by atoms with Gasteiger partial charge in [0, 0.05) is 12.1 Å². The summed E-state index contributed by atoms with van der Waals surface area (Å²) in [5.41, 5.74) is 0.768. The zero-order valence-electron chi connectivity index (χ0n) is 19.3. The third-order valence-electron chi connectivity index (χ3n) is 4.84. The van der Waals surface area contributed by atoms with Crippen molar-refractivity contribution in [1.82, 2.24) is 5.32 Å². The van der Waals surface area contributed by atoms with Crippen LogP contribution in [0.3, 0.4) is 0 Å². The van der Waals surface area contributed by atoms with Gasteiger partial charge in [0.05, 0.1) is 29.9 Å². The van der Waals surface area contributed by atoms with E-state index < -0.39 is 28.5 Å². The molecule has 1 amide bonds. The van der Waals surface area contributed by atoms with E-state index >= 15 is 0 Å². The molecular formula is C25H26N2O7S. The summed E-state index contributed by atoms with van der Waals surface area (Å²) in [7, 11) is -2.45. The summed E-state index contributed by atoms with van der Waals surface area (Å²) >= 11 is 0. The van der Waals surface area contributed by atoms with Crippen LogP contribution < -0.4 is 19.5 Å². The maximum absolute atomic E-state index is 12.8. The lowest BCUT2D eigenvalue weighted by atomic mass is 10.2. The molecule has 0 saturated heterocycles. The smallest absolute Gasteiger partial charge is 0.340 e. The van der Waals surface area contributed by atoms with Crippen LogP contribution in [0.15, 0.2) is 77.7 Å². The number of esters is 1. The van der Waals surface area contributed by atoms with Gasteiger partial charge < -0.3 is 19.5 Å². The minimum atomic E-state index is -3.98. The van der Waals surface area contributed by atoms with E-state index in [0.717, 1.165) is 5.56 Å². The van der Waals surface area contributed by atoms with Gasteiger partial charge in [-0.15, -0.1) is 0 Å². The number of para-hydroxylation sites is 2. The molecule has 0 aliphatic heterocycles. The van der Waals surface area contributed by atoms with Gasteiger partial charge in [0.25, 0.3) is 15.9 Å². The molecule has 0 atom stereocenters. The van der Waals surface area contributed by atoms with E-state index in [1.54, 1.807) is 36.4 Å². The number of rotatable bonds is 11. The van der Waals surface area contributed by atoms with Gasteiger partial charge in [-0.2, -0.15) is 0 Å². The van der Waals surface area contributed by atoms with E-state index in [4.69, 9.17) is 14.2 Å². The summed E-state index contributed by atoms with van der Waals surface area (Å²) in [6.45, 7) is 1.94. The minimum absolute atomic E-state index is 0.000147. The number of nitrogens with one attached hydrogen (secondary N) is 2. The van der Waals surface area contributed by atoms with Crippen molar-refractivity contribution in [2.45, 2.75) is 18.4 Å². The Labute approximate surface area is 204 Å². The van der Waals surface area contributed by atoms with Crippen LogP contribution in [-0.2, 0) is 26.1 Å². The summed E-state index contributed by atoms with van der Waals surface area (Å²) in [5.74, 6) is -0.197. The first kappa shape index (κ1) is 25.6. The van der Waals surface area contributed by atoms with E-state index in [9.17, 15) is 18.0 Å². The van der Waals surface area contributed by atoms with Gasteiger partial charge in [0.1, 0.15) is 11.5 Å². The van der Waals surface area contributed by atoms with Gasteiger partial charge in [0.15, 0.2) is 6.61 Å². The summed E-state index contributed by atoms with van der Waals surface area (Å²) in [6.07, 6.45) is 0. The summed E-state index contributed by atoms with van der Waals surface area (Å²) < 4.78 is 43.7. The van der Waals surface area contributed by atoms with Gasteiger partial charge in [-0.25, -0.2) is 13.2 Å².